The molecule has 2 unspecified atom stereocenters. The Hall–Kier alpha value is -6.46. The van der Waals surface area contributed by atoms with E-state index in [1.807, 2.05) is 0 Å². The van der Waals surface area contributed by atoms with E-state index in [2.05, 4.69) is 245 Å². The Morgan fingerprint density at radius 1 is 0.493 bits per heavy atom. The van der Waals surface area contributed by atoms with Gasteiger partial charge in [-0.05, 0) is 146 Å². The van der Waals surface area contributed by atoms with E-state index in [0.29, 0.717) is 0 Å². The lowest BCUT2D eigenvalue weighted by Crippen LogP contribution is -2.61. The molecule has 5 heterocycles. The first-order chi connectivity index (χ1) is 34.5. The minimum absolute atomic E-state index is 0.0342. The van der Waals surface area contributed by atoms with Gasteiger partial charge in [-0.15, -0.1) is 0 Å². The minimum atomic E-state index is -0.164. The zero-order chi connectivity index (χ0) is 51.1. The van der Waals surface area contributed by atoms with Gasteiger partial charge in [0.1, 0.15) is 11.1 Å². The molecule has 1 fully saturated rings. The van der Waals surface area contributed by atoms with Crippen LogP contribution in [0.4, 0.5) is 28.4 Å². The van der Waals surface area contributed by atoms with E-state index in [-0.39, 0.29) is 39.3 Å². The molecule has 9 aromatic rings. The molecule has 1 aliphatic carbocycles. The van der Waals surface area contributed by atoms with Crippen LogP contribution in [-0.4, -0.2) is 16.8 Å². The van der Waals surface area contributed by atoms with Crippen molar-refractivity contribution in [3.8, 4) is 16.8 Å². The van der Waals surface area contributed by atoms with Gasteiger partial charge in [-0.3, -0.25) is 0 Å². The molecule has 73 heavy (non-hydrogen) atoms. The first-order valence-electron chi connectivity index (χ1n) is 27.3. The third kappa shape index (κ3) is 6.52. The zero-order valence-electron chi connectivity index (χ0n) is 45.9. The van der Waals surface area contributed by atoms with Crippen LogP contribution >= 0.6 is 0 Å². The summed E-state index contributed by atoms with van der Waals surface area (Å²) in [6.45, 7) is 33.4. The smallest absolute Gasteiger partial charge is 0.252 e. The largest absolute Gasteiger partial charge is 0.454 e. The Morgan fingerprint density at radius 3 is 1.82 bits per heavy atom. The van der Waals surface area contributed by atoms with E-state index in [1.165, 1.54) is 120 Å². The molecular formula is C68H72BN3O. The quantitative estimate of drug-likeness (QED) is 0.165. The van der Waals surface area contributed by atoms with Crippen molar-refractivity contribution in [2.75, 3.05) is 9.80 Å². The highest BCUT2D eigenvalue weighted by molar-refractivity contribution is 7.00. The van der Waals surface area contributed by atoms with Crippen molar-refractivity contribution in [2.24, 2.45) is 0 Å². The van der Waals surface area contributed by atoms with E-state index in [0.717, 1.165) is 28.5 Å². The van der Waals surface area contributed by atoms with Gasteiger partial charge in [-0.1, -0.05) is 182 Å². The van der Waals surface area contributed by atoms with Gasteiger partial charge in [0, 0.05) is 50.2 Å². The Bertz CT molecular complexity index is 3790. The molecule has 7 aromatic carbocycles. The molecule has 0 radical (unpaired) electrons. The first-order valence-corrected chi connectivity index (χ1v) is 27.3. The molecule has 0 bridgehead atoms. The van der Waals surface area contributed by atoms with Gasteiger partial charge in [-0.25, -0.2) is 0 Å². The molecule has 1 saturated carbocycles. The number of benzene rings is 7. The molecule has 0 N–H and O–H groups in total. The van der Waals surface area contributed by atoms with Crippen LogP contribution in [0.2, 0.25) is 0 Å². The summed E-state index contributed by atoms with van der Waals surface area (Å²) in [5.41, 5.74) is 24.8. The molecule has 4 nitrogen and oxygen atoms in total. The normalized spacial score (nSPS) is 19.5. The van der Waals surface area contributed by atoms with Crippen molar-refractivity contribution in [2.45, 2.75) is 155 Å². The number of nitrogens with zero attached hydrogens (tertiary/aromatic N) is 3. The summed E-state index contributed by atoms with van der Waals surface area (Å²) in [5, 5.41) is 2.34. The van der Waals surface area contributed by atoms with Gasteiger partial charge in [0.2, 0.25) is 0 Å². The second kappa shape index (κ2) is 15.1. The number of fused-ring (bicyclic) bond motifs is 12. The standard InChI is InChI=1S/C68H72BN3O/c1-63(2,3)42-27-30-53(48(34-42)41-22-16-15-17-23-41)70-55-38-44(65(7,8)9)26-29-51(55)69-52-37-45(66(10,11)12)35-49-60(52)71(61-47-24-18-19-25-58(47)73-62(49)61)57-40-46(39-56(70)59(57)69)72-54-31-28-43(64(4,5)6)36-50(54)67(13)32-20-21-33-68(67,72)14/h15-19,22-31,34-40H,20-21,32-33H2,1-14H3. The molecule has 4 aliphatic rings. The van der Waals surface area contributed by atoms with Crippen LogP contribution in [0.25, 0.3) is 49.8 Å². The molecular weight excluding hydrogens is 886 g/mol. The summed E-state index contributed by atoms with van der Waals surface area (Å²) < 4.78 is 9.76. The van der Waals surface area contributed by atoms with E-state index in [1.54, 1.807) is 0 Å². The maximum absolute atomic E-state index is 7.12. The highest BCUT2D eigenvalue weighted by Crippen LogP contribution is 2.62. The second-order valence-electron chi connectivity index (χ2n) is 27.0. The fraction of sp³-hybridized carbons (Fsp3) is 0.353. The molecule has 0 amide bonds. The fourth-order valence-corrected chi connectivity index (χ4v) is 13.9. The van der Waals surface area contributed by atoms with Crippen molar-refractivity contribution in [3.05, 3.63) is 161 Å². The predicted octanol–water partition coefficient (Wildman–Crippen LogP) is 16.7. The average molecular weight is 958 g/mol. The van der Waals surface area contributed by atoms with Crippen molar-refractivity contribution in [1.29, 1.82) is 0 Å². The molecule has 5 heteroatoms. The van der Waals surface area contributed by atoms with Crippen LogP contribution in [0.5, 0.6) is 0 Å². The molecule has 0 spiro atoms. The van der Waals surface area contributed by atoms with Gasteiger partial charge in [0.05, 0.1) is 16.7 Å². The maximum atomic E-state index is 7.12. The number of anilines is 5. The lowest BCUT2D eigenvalue weighted by atomic mass is 9.33. The number of para-hydroxylation sites is 1. The average Bonchev–Trinajstić information content (AvgIpc) is 3.97. The summed E-state index contributed by atoms with van der Waals surface area (Å²) in [5.74, 6) is 0. The van der Waals surface area contributed by atoms with Gasteiger partial charge in [0.15, 0.2) is 5.58 Å². The van der Waals surface area contributed by atoms with Crippen molar-refractivity contribution < 1.29 is 4.42 Å². The maximum Gasteiger partial charge on any atom is 0.252 e. The van der Waals surface area contributed by atoms with Crippen LogP contribution in [0.1, 0.15) is 150 Å². The Balaban J connectivity index is 1.22. The van der Waals surface area contributed by atoms with E-state index < -0.39 is 0 Å². The van der Waals surface area contributed by atoms with Gasteiger partial charge in [0.25, 0.3) is 6.71 Å². The highest BCUT2D eigenvalue weighted by Gasteiger charge is 2.58. The monoisotopic (exact) mass is 958 g/mol. The molecule has 3 aliphatic heterocycles. The van der Waals surface area contributed by atoms with Gasteiger partial charge >= 0.3 is 0 Å². The van der Waals surface area contributed by atoms with Crippen LogP contribution in [0.15, 0.2) is 138 Å². The van der Waals surface area contributed by atoms with Crippen LogP contribution in [0, 0.1) is 0 Å². The van der Waals surface area contributed by atoms with Crippen molar-refractivity contribution in [1.82, 2.24) is 4.57 Å². The summed E-state index contributed by atoms with van der Waals surface area (Å²) in [4.78, 5) is 5.52. The summed E-state index contributed by atoms with van der Waals surface area (Å²) >= 11 is 0. The Labute approximate surface area is 434 Å². The Morgan fingerprint density at radius 2 is 1.11 bits per heavy atom. The minimum Gasteiger partial charge on any atom is -0.454 e. The SMILES string of the molecule is CC(C)(C)c1ccc(N2c3cc(C(C)(C)C)ccc3B3c4c2cc(N2c5ccc(C(C)(C)C)cc5C5(C)CCCCC25C)cc4-n2c4c3cc(C(C)(C)C)cc4c3oc4ccccc4c32)c(-c2ccccc2)c1. The second-order valence-corrected chi connectivity index (χ2v) is 27.0. The topological polar surface area (TPSA) is 24.6 Å². The number of rotatable bonds is 3. The third-order valence-corrected chi connectivity index (χ3v) is 18.3. The summed E-state index contributed by atoms with van der Waals surface area (Å²) in [6, 6.07) is 52.4. The molecule has 2 aromatic heterocycles. The molecule has 2 atom stereocenters. The van der Waals surface area contributed by atoms with E-state index in [9.17, 15) is 0 Å². The van der Waals surface area contributed by atoms with Crippen LogP contribution < -0.4 is 26.2 Å². The summed E-state index contributed by atoms with van der Waals surface area (Å²) in [7, 11) is 0. The number of furan rings is 1. The number of hydrogen-bond acceptors (Lipinski definition) is 3. The van der Waals surface area contributed by atoms with Crippen LogP contribution in [0.3, 0.4) is 0 Å². The lowest BCUT2D eigenvalue weighted by molar-refractivity contribution is 0.195. The zero-order valence-corrected chi connectivity index (χ0v) is 45.9. The van der Waals surface area contributed by atoms with Crippen LogP contribution in [-0.2, 0) is 27.1 Å². The van der Waals surface area contributed by atoms with Crippen molar-refractivity contribution >= 4 is 84.5 Å². The van der Waals surface area contributed by atoms with Crippen molar-refractivity contribution in [3.63, 3.8) is 0 Å². The van der Waals surface area contributed by atoms with Gasteiger partial charge in [-0.2, -0.15) is 0 Å². The predicted molar refractivity (Wildman–Crippen MR) is 313 cm³/mol. The summed E-state index contributed by atoms with van der Waals surface area (Å²) in [6.07, 6.45) is 4.74. The Kier molecular flexibility index (Phi) is 9.58. The van der Waals surface area contributed by atoms with E-state index >= 15 is 0 Å². The fourth-order valence-electron chi connectivity index (χ4n) is 13.9. The third-order valence-electron chi connectivity index (χ3n) is 18.3. The highest BCUT2D eigenvalue weighted by atomic mass is 16.3. The number of aromatic nitrogens is 1. The van der Waals surface area contributed by atoms with Gasteiger partial charge < -0.3 is 18.8 Å². The molecule has 0 saturated heterocycles. The number of hydrogen-bond donors (Lipinski definition) is 0. The first kappa shape index (κ1) is 46.3. The lowest BCUT2D eigenvalue weighted by Gasteiger charge is -2.51. The molecule has 368 valence electrons. The molecule has 13 rings (SSSR count). The van der Waals surface area contributed by atoms with E-state index in [4.69, 9.17) is 4.42 Å².